The Bertz CT molecular complexity index is 585. The number of hydrogen-bond donors (Lipinski definition) is 1. The molecule has 0 saturated carbocycles. The van der Waals surface area contributed by atoms with Crippen LogP contribution in [0.1, 0.15) is 51.4 Å². The van der Waals surface area contributed by atoms with Gasteiger partial charge in [0.2, 0.25) is 0 Å². The van der Waals surface area contributed by atoms with Crippen molar-refractivity contribution in [3.63, 3.8) is 0 Å². The molecule has 0 radical (unpaired) electrons. The Balaban J connectivity index is 2.15. The van der Waals surface area contributed by atoms with E-state index in [0.29, 0.717) is 0 Å². The summed E-state index contributed by atoms with van der Waals surface area (Å²) in [7, 11) is 0. The molecule has 3 nitrogen and oxygen atoms in total. The van der Waals surface area contributed by atoms with Crippen LogP contribution in [0.2, 0.25) is 0 Å². The van der Waals surface area contributed by atoms with Crippen molar-refractivity contribution in [2.45, 2.75) is 45.6 Å². The fourth-order valence-electron chi connectivity index (χ4n) is 2.04. The van der Waals surface area contributed by atoms with Crippen molar-refractivity contribution in [3.8, 4) is 11.5 Å². The Kier molecular flexibility index (Phi) is 4.63. The van der Waals surface area contributed by atoms with Crippen molar-refractivity contribution < 1.29 is 4.74 Å². The summed E-state index contributed by atoms with van der Waals surface area (Å²) in [6, 6.07) is 12.0. The summed E-state index contributed by atoms with van der Waals surface area (Å²) < 4.78 is 5.88. The second-order valence-corrected chi connectivity index (χ2v) is 6.31. The number of hydrogen-bond acceptors (Lipinski definition) is 3. The molecule has 0 aliphatic rings. The van der Waals surface area contributed by atoms with Gasteiger partial charge in [-0.25, -0.2) is 0 Å². The summed E-state index contributed by atoms with van der Waals surface area (Å²) in [5, 5.41) is 0. The molecule has 1 heterocycles. The first-order valence-corrected chi connectivity index (χ1v) is 7.40. The van der Waals surface area contributed by atoms with Crippen molar-refractivity contribution >= 4 is 0 Å². The molecule has 1 aromatic carbocycles. The summed E-state index contributed by atoms with van der Waals surface area (Å²) in [5.74, 6) is 1.56. The molecule has 2 N–H and O–H groups in total. The maximum Gasteiger partial charge on any atom is 0.145 e. The van der Waals surface area contributed by atoms with E-state index in [9.17, 15) is 0 Å². The van der Waals surface area contributed by atoms with Gasteiger partial charge in [-0.05, 0) is 41.7 Å². The van der Waals surface area contributed by atoms with Gasteiger partial charge in [0.15, 0.2) is 0 Å². The van der Waals surface area contributed by atoms with Crippen LogP contribution in [0.15, 0.2) is 42.6 Å². The zero-order valence-electron chi connectivity index (χ0n) is 13.3. The van der Waals surface area contributed by atoms with E-state index in [-0.39, 0.29) is 11.5 Å². The van der Waals surface area contributed by atoms with Gasteiger partial charge in [-0.3, -0.25) is 4.98 Å². The van der Waals surface area contributed by atoms with Crippen molar-refractivity contribution in [2.24, 2.45) is 5.73 Å². The standard InChI is InChI=1S/C18H24N2O/c1-5-16(19)17-10-9-15(12-20-17)21-14-8-6-7-13(11-14)18(2,3)4/h6-12,16H,5,19H2,1-4H3/t16-/m1/s1. The molecule has 3 heteroatoms. The van der Waals surface area contributed by atoms with Crippen LogP contribution >= 0.6 is 0 Å². The molecule has 0 spiro atoms. The first-order chi connectivity index (χ1) is 9.90. The van der Waals surface area contributed by atoms with Gasteiger partial charge in [0.1, 0.15) is 11.5 Å². The van der Waals surface area contributed by atoms with Gasteiger partial charge in [0.05, 0.1) is 11.9 Å². The first kappa shape index (κ1) is 15.5. The smallest absolute Gasteiger partial charge is 0.145 e. The molecule has 0 saturated heterocycles. The molecule has 1 aromatic heterocycles. The predicted octanol–water partition coefficient (Wildman–Crippen LogP) is 4.58. The Morgan fingerprint density at radius 2 is 1.90 bits per heavy atom. The highest BCUT2D eigenvalue weighted by atomic mass is 16.5. The minimum atomic E-state index is -0.0109. The van der Waals surface area contributed by atoms with Gasteiger partial charge < -0.3 is 10.5 Å². The fraction of sp³-hybridized carbons (Fsp3) is 0.389. The zero-order chi connectivity index (χ0) is 15.5. The molecule has 2 aromatic rings. The third kappa shape index (κ3) is 4.05. The Labute approximate surface area is 127 Å². The maximum absolute atomic E-state index is 5.96. The Hall–Kier alpha value is -1.87. The topological polar surface area (TPSA) is 48.1 Å². The molecule has 2 rings (SSSR count). The van der Waals surface area contributed by atoms with Gasteiger partial charge in [-0.15, -0.1) is 0 Å². The summed E-state index contributed by atoms with van der Waals surface area (Å²) in [6.45, 7) is 8.62. The fourth-order valence-corrected chi connectivity index (χ4v) is 2.04. The number of ether oxygens (including phenoxy) is 1. The van der Waals surface area contributed by atoms with E-state index in [2.05, 4.69) is 44.8 Å². The highest BCUT2D eigenvalue weighted by molar-refractivity contribution is 5.36. The van der Waals surface area contributed by atoms with E-state index in [1.165, 1.54) is 5.56 Å². The lowest BCUT2D eigenvalue weighted by molar-refractivity contribution is 0.475. The van der Waals surface area contributed by atoms with E-state index in [0.717, 1.165) is 23.6 Å². The Morgan fingerprint density at radius 3 is 2.48 bits per heavy atom. The van der Waals surface area contributed by atoms with Crippen molar-refractivity contribution in [1.29, 1.82) is 0 Å². The maximum atomic E-state index is 5.96. The monoisotopic (exact) mass is 284 g/mol. The number of benzene rings is 1. The van der Waals surface area contributed by atoms with Gasteiger partial charge >= 0.3 is 0 Å². The van der Waals surface area contributed by atoms with Crippen molar-refractivity contribution in [2.75, 3.05) is 0 Å². The molecule has 0 bridgehead atoms. The Morgan fingerprint density at radius 1 is 1.14 bits per heavy atom. The second kappa shape index (κ2) is 6.27. The lowest BCUT2D eigenvalue weighted by Gasteiger charge is -2.19. The molecular weight excluding hydrogens is 260 g/mol. The third-order valence-corrected chi connectivity index (χ3v) is 3.51. The lowest BCUT2D eigenvalue weighted by Crippen LogP contribution is -2.11. The minimum Gasteiger partial charge on any atom is -0.456 e. The van der Waals surface area contributed by atoms with Crippen LogP contribution in [0, 0.1) is 0 Å². The van der Waals surface area contributed by atoms with E-state index in [4.69, 9.17) is 10.5 Å². The van der Waals surface area contributed by atoms with Gasteiger partial charge in [-0.2, -0.15) is 0 Å². The average Bonchev–Trinajstić information content (AvgIpc) is 2.47. The quantitative estimate of drug-likeness (QED) is 0.893. The van der Waals surface area contributed by atoms with E-state index >= 15 is 0 Å². The van der Waals surface area contributed by atoms with Crippen LogP contribution in [0.5, 0.6) is 11.5 Å². The SMILES string of the molecule is CC[C@@H](N)c1ccc(Oc2cccc(C(C)(C)C)c2)cn1. The molecule has 0 fully saturated rings. The van der Waals surface area contributed by atoms with Crippen LogP contribution in [0.25, 0.3) is 0 Å². The number of nitrogens with two attached hydrogens (primary N) is 1. The highest BCUT2D eigenvalue weighted by Crippen LogP contribution is 2.28. The number of rotatable bonds is 4. The van der Waals surface area contributed by atoms with Crippen LogP contribution in [-0.4, -0.2) is 4.98 Å². The number of pyridine rings is 1. The number of nitrogens with zero attached hydrogens (tertiary/aromatic N) is 1. The van der Waals surface area contributed by atoms with Crippen LogP contribution in [0.3, 0.4) is 0 Å². The first-order valence-electron chi connectivity index (χ1n) is 7.40. The van der Waals surface area contributed by atoms with Crippen LogP contribution in [0.4, 0.5) is 0 Å². The second-order valence-electron chi connectivity index (χ2n) is 6.31. The van der Waals surface area contributed by atoms with E-state index in [1.807, 2.05) is 24.3 Å². The predicted molar refractivity (Wildman–Crippen MR) is 86.7 cm³/mol. The third-order valence-electron chi connectivity index (χ3n) is 3.51. The molecule has 112 valence electrons. The summed E-state index contributed by atoms with van der Waals surface area (Å²) in [5.41, 5.74) is 8.21. The molecule has 1 atom stereocenters. The lowest BCUT2D eigenvalue weighted by atomic mass is 9.87. The number of aromatic nitrogens is 1. The van der Waals surface area contributed by atoms with E-state index < -0.39 is 0 Å². The molecule has 21 heavy (non-hydrogen) atoms. The highest BCUT2D eigenvalue weighted by Gasteiger charge is 2.14. The molecule has 0 aliphatic heterocycles. The normalized spacial score (nSPS) is 13.0. The largest absolute Gasteiger partial charge is 0.456 e. The van der Waals surface area contributed by atoms with Crippen LogP contribution < -0.4 is 10.5 Å². The van der Waals surface area contributed by atoms with Crippen LogP contribution in [-0.2, 0) is 5.41 Å². The molecule has 0 aliphatic carbocycles. The molecule has 0 unspecified atom stereocenters. The van der Waals surface area contributed by atoms with E-state index in [1.54, 1.807) is 6.20 Å². The van der Waals surface area contributed by atoms with Gasteiger partial charge in [-0.1, -0.05) is 39.8 Å². The van der Waals surface area contributed by atoms with Crippen molar-refractivity contribution in [1.82, 2.24) is 4.98 Å². The zero-order valence-corrected chi connectivity index (χ0v) is 13.3. The summed E-state index contributed by atoms with van der Waals surface area (Å²) in [4.78, 5) is 4.37. The van der Waals surface area contributed by atoms with Gasteiger partial charge in [0.25, 0.3) is 0 Å². The summed E-state index contributed by atoms with van der Waals surface area (Å²) in [6.07, 6.45) is 2.61. The molecule has 0 amide bonds. The summed E-state index contributed by atoms with van der Waals surface area (Å²) >= 11 is 0. The minimum absolute atomic E-state index is 0.0109. The van der Waals surface area contributed by atoms with Gasteiger partial charge in [0, 0.05) is 6.04 Å². The molecular formula is C18H24N2O. The average molecular weight is 284 g/mol. The van der Waals surface area contributed by atoms with Crippen molar-refractivity contribution in [3.05, 3.63) is 53.9 Å².